The van der Waals surface area contributed by atoms with Gasteiger partial charge in [-0.05, 0) is 62.4 Å². The van der Waals surface area contributed by atoms with Crippen molar-refractivity contribution in [3.63, 3.8) is 0 Å². The van der Waals surface area contributed by atoms with E-state index in [4.69, 9.17) is 0 Å². The Kier molecular flexibility index (Phi) is 2.90. The molecule has 2 N–H and O–H groups in total. The van der Waals surface area contributed by atoms with E-state index in [1.807, 2.05) is 0 Å². The summed E-state index contributed by atoms with van der Waals surface area (Å²) in [7, 11) is 0. The second-order valence-electron chi connectivity index (χ2n) is 5.58. The van der Waals surface area contributed by atoms with Gasteiger partial charge in [0.2, 0.25) is 0 Å². The van der Waals surface area contributed by atoms with Gasteiger partial charge in [0, 0.05) is 22.6 Å². The predicted octanol–water partition coefficient (Wildman–Crippen LogP) is 3.25. The van der Waals surface area contributed by atoms with Crippen LogP contribution in [-0.4, -0.2) is 17.6 Å². The molecular formula is C16H22N2. The first-order chi connectivity index (χ1) is 8.69. The Morgan fingerprint density at radius 1 is 1.33 bits per heavy atom. The van der Waals surface area contributed by atoms with Crippen molar-refractivity contribution in [2.45, 2.75) is 46.1 Å². The fourth-order valence-electron chi connectivity index (χ4n) is 3.42. The summed E-state index contributed by atoms with van der Waals surface area (Å²) in [6.07, 6.45) is 3.61. The molecule has 0 spiro atoms. The number of likely N-dealkylation sites (N-methyl/N-ethyl adjacent to an activating group) is 1. The maximum Gasteiger partial charge on any atom is 0.0464 e. The van der Waals surface area contributed by atoms with Crippen LogP contribution in [0.5, 0.6) is 0 Å². The number of H-pyrrole nitrogens is 1. The van der Waals surface area contributed by atoms with Crippen molar-refractivity contribution in [3.8, 4) is 0 Å². The monoisotopic (exact) mass is 242 g/mol. The van der Waals surface area contributed by atoms with E-state index in [1.165, 1.54) is 47.0 Å². The normalized spacial score (nSPS) is 19.2. The van der Waals surface area contributed by atoms with Crippen molar-refractivity contribution in [1.82, 2.24) is 10.3 Å². The van der Waals surface area contributed by atoms with Gasteiger partial charge in [-0.2, -0.15) is 0 Å². The Labute approximate surface area is 109 Å². The van der Waals surface area contributed by atoms with Crippen LogP contribution in [0.4, 0.5) is 0 Å². The van der Waals surface area contributed by atoms with Crippen molar-refractivity contribution in [1.29, 1.82) is 0 Å². The molecule has 1 atom stereocenters. The van der Waals surface area contributed by atoms with E-state index < -0.39 is 0 Å². The molecular weight excluding hydrogens is 220 g/mol. The fourth-order valence-corrected chi connectivity index (χ4v) is 3.42. The zero-order valence-electron chi connectivity index (χ0n) is 11.6. The number of aromatic amines is 1. The third kappa shape index (κ3) is 1.85. The van der Waals surface area contributed by atoms with Gasteiger partial charge in [0.05, 0.1) is 0 Å². The summed E-state index contributed by atoms with van der Waals surface area (Å²) in [4.78, 5) is 3.63. The highest BCUT2D eigenvalue weighted by Crippen LogP contribution is 2.32. The Morgan fingerprint density at radius 3 is 2.94 bits per heavy atom. The number of hydrogen-bond acceptors (Lipinski definition) is 1. The van der Waals surface area contributed by atoms with Gasteiger partial charge in [-0.3, -0.25) is 0 Å². The molecule has 1 aromatic carbocycles. The van der Waals surface area contributed by atoms with E-state index in [9.17, 15) is 0 Å². The molecule has 96 valence electrons. The van der Waals surface area contributed by atoms with Crippen LogP contribution in [0.25, 0.3) is 10.9 Å². The Morgan fingerprint density at radius 2 is 2.17 bits per heavy atom. The summed E-state index contributed by atoms with van der Waals surface area (Å²) in [6, 6.07) is 5.23. The molecule has 2 aromatic rings. The van der Waals surface area contributed by atoms with Crippen LogP contribution in [0.2, 0.25) is 0 Å². The van der Waals surface area contributed by atoms with Crippen molar-refractivity contribution >= 4 is 10.9 Å². The maximum absolute atomic E-state index is 3.63. The molecule has 1 aliphatic carbocycles. The summed E-state index contributed by atoms with van der Waals surface area (Å²) in [5.41, 5.74) is 7.11. The van der Waals surface area contributed by atoms with Crippen LogP contribution in [0.15, 0.2) is 12.1 Å². The van der Waals surface area contributed by atoms with Gasteiger partial charge in [0.1, 0.15) is 0 Å². The first-order valence-corrected chi connectivity index (χ1v) is 7.03. The molecule has 2 nitrogen and oxygen atoms in total. The van der Waals surface area contributed by atoms with E-state index in [1.54, 1.807) is 5.56 Å². The number of aryl methyl sites for hydroxylation is 3. The van der Waals surface area contributed by atoms with Crippen LogP contribution in [0.3, 0.4) is 0 Å². The lowest BCUT2D eigenvalue weighted by Gasteiger charge is -2.23. The summed E-state index contributed by atoms with van der Waals surface area (Å²) < 4.78 is 0. The van der Waals surface area contributed by atoms with Gasteiger partial charge in [-0.25, -0.2) is 0 Å². The molecule has 1 aliphatic rings. The van der Waals surface area contributed by atoms with E-state index in [0.29, 0.717) is 6.04 Å². The zero-order valence-corrected chi connectivity index (χ0v) is 11.6. The summed E-state index contributed by atoms with van der Waals surface area (Å²) >= 11 is 0. The lowest BCUT2D eigenvalue weighted by atomic mass is 9.90. The molecule has 0 amide bonds. The number of hydrogen-bond donors (Lipinski definition) is 2. The molecule has 1 unspecified atom stereocenters. The molecule has 3 rings (SSSR count). The topological polar surface area (TPSA) is 27.8 Å². The molecule has 18 heavy (non-hydrogen) atoms. The second kappa shape index (κ2) is 4.43. The highest BCUT2D eigenvalue weighted by Gasteiger charge is 2.22. The molecule has 0 saturated heterocycles. The van der Waals surface area contributed by atoms with E-state index >= 15 is 0 Å². The highest BCUT2D eigenvalue weighted by atomic mass is 14.9. The lowest BCUT2D eigenvalue weighted by Crippen LogP contribution is -2.34. The predicted molar refractivity (Wildman–Crippen MR) is 77.3 cm³/mol. The van der Waals surface area contributed by atoms with Crippen LogP contribution >= 0.6 is 0 Å². The van der Waals surface area contributed by atoms with Crippen LogP contribution in [-0.2, 0) is 12.8 Å². The summed E-state index contributed by atoms with van der Waals surface area (Å²) in [5.74, 6) is 0. The van der Waals surface area contributed by atoms with Crippen LogP contribution < -0.4 is 5.32 Å². The minimum atomic E-state index is 0.655. The third-order valence-corrected chi connectivity index (χ3v) is 4.12. The fraction of sp³-hybridized carbons (Fsp3) is 0.500. The van der Waals surface area contributed by atoms with E-state index in [0.717, 1.165) is 6.54 Å². The molecule has 0 bridgehead atoms. The van der Waals surface area contributed by atoms with Crippen molar-refractivity contribution in [3.05, 3.63) is 34.5 Å². The van der Waals surface area contributed by atoms with Gasteiger partial charge in [0.15, 0.2) is 0 Å². The van der Waals surface area contributed by atoms with Gasteiger partial charge < -0.3 is 10.3 Å². The number of rotatable bonds is 2. The smallest absolute Gasteiger partial charge is 0.0464 e. The van der Waals surface area contributed by atoms with Gasteiger partial charge in [0.25, 0.3) is 0 Å². The third-order valence-electron chi connectivity index (χ3n) is 4.12. The zero-order chi connectivity index (χ0) is 12.7. The minimum Gasteiger partial charge on any atom is -0.358 e. The number of fused-ring (bicyclic) bond motifs is 3. The second-order valence-corrected chi connectivity index (χ2v) is 5.58. The van der Waals surface area contributed by atoms with Gasteiger partial charge in [-0.1, -0.05) is 13.0 Å². The van der Waals surface area contributed by atoms with Crippen molar-refractivity contribution in [2.75, 3.05) is 6.54 Å². The van der Waals surface area contributed by atoms with E-state index in [2.05, 4.69) is 43.2 Å². The molecule has 0 saturated carbocycles. The van der Waals surface area contributed by atoms with Crippen LogP contribution in [0, 0.1) is 13.8 Å². The average molecular weight is 242 g/mol. The minimum absolute atomic E-state index is 0.655. The van der Waals surface area contributed by atoms with E-state index in [-0.39, 0.29) is 0 Å². The molecule has 0 fully saturated rings. The Bertz CT molecular complexity index is 580. The molecule has 0 radical (unpaired) electrons. The highest BCUT2D eigenvalue weighted by molar-refractivity contribution is 5.88. The quantitative estimate of drug-likeness (QED) is 0.831. The number of nitrogens with one attached hydrogen (secondary N) is 2. The first-order valence-electron chi connectivity index (χ1n) is 7.03. The molecule has 0 aliphatic heterocycles. The Balaban J connectivity index is 2.10. The molecule has 2 heteroatoms. The number of benzene rings is 1. The largest absolute Gasteiger partial charge is 0.358 e. The Hall–Kier alpha value is -1.28. The SMILES string of the molecule is CCNC1CCc2[nH]c3cc(C)cc(C)c3c2C1. The van der Waals surface area contributed by atoms with Gasteiger partial charge >= 0.3 is 0 Å². The first kappa shape index (κ1) is 11.8. The van der Waals surface area contributed by atoms with Gasteiger partial charge in [-0.15, -0.1) is 0 Å². The maximum atomic E-state index is 3.63. The standard InChI is InChI=1S/C16H22N2/c1-4-17-12-5-6-14-13(9-12)16-11(3)7-10(2)8-15(16)18-14/h7-8,12,17-18H,4-6,9H2,1-3H3. The molecule has 1 aromatic heterocycles. The average Bonchev–Trinajstić information content (AvgIpc) is 2.66. The van der Waals surface area contributed by atoms with Crippen molar-refractivity contribution < 1.29 is 0 Å². The summed E-state index contributed by atoms with van der Waals surface area (Å²) in [5, 5.41) is 5.07. The number of aromatic nitrogens is 1. The van der Waals surface area contributed by atoms with Crippen molar-refractivity contribution in [2.24, 2.45) is 0 Å². The lowest BCUT2D eigenvalue weighted by molar-refractivity contribution is 0.469. The summed E-state index contributed by atoms with van der Waals surface area (Å²) in [6.45, 7) is 7.67. The molecule has 1 heterocycles. The van der Waals surface area contributed by atoms with Crippen LogP contribution in [0.1, 0.15) is 35.7 Å².